The predicted octanol–water partition coefficient (Wildman–Crippen LogP) is 7.04. The standard InChI is InChI=1S/C24H24/c1-19(2)23-17-11-9-15-21(23)13-7-5-6-8-14-22-16-10-12-18-24(22)20(3)4/h5-18H,1,3H2,2,4H3/b6-5+,13-7+,14-8+. The minimum Gasteiger partial charge on any atom is -0.0955 e. The average molecular weight is 312 g/mol. The van der Waals surface area contributed by atoms with Gasteiger partial charge in [-0.3, -0.25) is 0 Å². The van der Waals surface area contributed by atoms with E-state index in [4.69, 9.17) is 0 Å². The van der Waals surface area contributed by atoms with E-state index in [0.717, 1.165) is 11.1 Å². The van der Waals surface area contributed by atoms with Crippen LogP contribution in [0.1, 0.15) is 36.1 Å². The third-order valence-electron chi connectivity index (χ3n) is 3.73. The first-order valence-electron chi connectivity index (χ1n) is 8.11. The lowest BCUT2D eigenvalue weighted by Gasteiger charge is -2.04. The molecule has 0 N–H and O–H groups in total. The van der Waals surface area contributed by atoms with Gasteiger partial charge in [0.15, 0.2) is 0 Å². The molecule has 0 amide bonds. The SMILES string of the molecule is C=C(C)c1ccccc1/C=C/C=C/C=C/c1ccccc1C(=C)C. The Balaban J connectivity index is 2.06. The van der Waals surface area contributed by atoms with Gasteiger partial charge >= 0.3 is 0 Å². The van der Waals surface area contributed by atoms with E-state index in [0.29, 0.717) is 0 Å². The fourth-order valence-corrected chi connectivity index (χ4v) is 2.51. The van der Waals surface area contributed by atoms with Crippen LogP contribution in [0.4, 0.5) is 0 Å². The van der Waals surface area contributed by atoms with E-state index in [9.17, 15) is 0 Å². The van der Waals surface area contributed by atoms with Gasteiger partial charge in [-0.2, -0.15) is 0 Å². The molecule has 0 heterocycles. The number of benzene rings is 2. The first-order valence-corrected chi connectivity index (χ1v) is 8.11. The molecule has 0 aliphatic carbocycles. The number of hydrogen-bond donors (Lipinski definition) is 0. The van der Waals surface area contributed by atoms with Crippen molar-refractivity contribution in [3.63, 3.8) is 0 Å². The summed E-state index contributed by atoms with van der Waals surface area (Å²) in [6, 6.07) is 16.6. The Kier molecular flexibility index (Phi) is 6.33. The number of allylic oxidation sites excluding steroid dienone is 6. The molecule has 0 radical (unpaired) electrons. The Bertz CT molecular complexity index is 744. The molecule has 0 nitrogen and oxygen atoms in total. The largest absolute Gasteiger partial charge is 0.0955 e. The van der Waals surface area contributed by atoms with E-state index in [1.54, 1.807) is 0 Å². The Hall–Kier alpha value is -2.86. The lowest BCUT2D eigenvalue weighted by molar-refractivity contribution is 1.54. The van der Waals surface area contributed by atoms with Gasteiger partial charge in [0.1, 0.15) is 0 Å². The van der Waals surface area contributed by atoms with Crippen molar-refractivity contribution in [2.75, 3.05) is 0 Å². The molecule has 0 saturated heterocycles. The van der Waals surface area contributed by atoms with Gasteiger partial charge < -0.3 is 0 Å². The summed E-state index contributed by atoms with van der Waals surface area (Å²) in [5, 5.41) is 0. The second-order valence-electron chi connectivity index (χ2n) is 5.84. The van der Waals surface area contributed by atoms with E-state index < -0.39 is 0 Å². The summed E-state index contributed by atoms with van der Waals surface area (Å²) >= 11 is 0. The second kappa shape index (κ2) is 8.69. The first-order chi connectivity index (χ1) is 11.6. The zero-order valence-electron chi connectivity index (χ0n) is 14.5. The van der Waals surface area contributed by atoms with Crippen LogP contribution in [0.25, 0.3) is 23.3 Å². The minimum absolute atomic E-state index is 1.08. The van der Waals surface area contributed by atoms with Gasteiger partial charge in [0.05, 0.1) is 0 Å². The smallest absolute Gasteiger partial charge is 0.0161 e. The van der Waals surface area contributed by atoms with Crippen molar-refractivity contribution in [3.8, 4) is 0 Å². The molecule has 0 atom stereocenters. The average Bonchev–Trinajstić information content (AvgIpc) is 2.58. The summed E-state index contributed by atoms with van der Waals surface area (Å²) in [6.07, 6.45) is 12.4. The van der Waals surface area contributed by atoms with Crippen LogP contribution >= 0.6 is 0 Å². The molecule has 0 fully saturated rings. The Morgan fingerprint density at radius 1 is 0.625 bits per heavy atom. The molecule has 0 bridgehead atoms. The summed E-state index contributed by atoms with van der Waals surface area (Å²) in [5.74, 6) is 0. The second-order valence-corrected chi connectivity index (χ2v) is 5.84. The molecule has 0 saturated carbocycles. The van der Waals surface area contributed by atoms with Gasteiger partial charge in [-0.1, -0.05) is 109 Å². The van der Waals surface area contributed by atoms with Crippen molar-refractivity contribution >= 4 is 23.3 Å². The predicted molar refractivity (Wildman–Crippen MR) is 110 cm³/mol. The van der Waals surface area contributed by atoms with Gasteiger partial charge in [-0.25, -0.2) is 0 Å². The van der Waals surface area contributed by atoms with Crippen molar-refractivity contribution in [3.05, 3.63) is 108 Å². The fraction of sp³-hybridized carbons (Fsp3) is 0.0833. The monoisotopic (exact) mass is 312 g/mol. The first kappa shape index (κ1) is 17.5. The van der Waals surface area contributed by atoms with Gasteiger partial charge in [0.2, 0.25) is 0 Å². The van der Waals surface area contributed by atoms with Crippen molar-refractivity contribution < 1.29 is 0 Å². The zero-order chi connectivity index (χ0) is 17.4. The van der Waals surface area contributed by atoms with E-state index >= 15 is 0 Å². The molecule has 120 valence electrons. The quantitative estimate of drug-likeness (QED) is 0.502. The highest BCUT2D eigenvalue weighted by molar-refractivity contribution is 5.73. The fourth-order valence-electron chi connectivity index (χ4n) is 2.51. The molecular formula is C24H24. The number of rotatable bonds is 6. The van der Waals surface area contributed by atoms with Crippen LogP contribution in [0.3, 0.4) is 0 Å². The highest BCUT2D eigenvalue weighted by Gasteiger charge is 1.98. The maximum absolute atomic E-state index is 4.03. The highest BCUT2D eigenvalue weighted by atomic mass is 14.0. The van der Waals surface area contributed by atoms with Crippen LogP contribution in [0, 0.1) is 0 Å². The highest BCUT2D eigenvalue weighted by Crippen LogP contribution is 2.19. The normalized spacial score (nSPS) is 11.6. The van der Waals surface area contributed by atoms with Gasteiger partial charge in [-0.15, -0.1) is 0 Å². The minimum atomic E-state index is 1.08. The van der Waals surface area contributed by atoms with E-state index in [-0.39, 0.29) is 0 Å². The summed E-state index contributed by atoms with van der Waals surface area (Å²) in [6.45, 7) is 12.1. The molecule has 2 aromatic rings. The molecule has 2 rings (SSSR count). The van der Waals surface area contributed by atoms with Crippen molar-refractivity contribution in [1.82, 2.24) is 0 Å². The van der Waals surface area contributed by atoms with Gasteiger partial charge in [0.25, 0.3) is 0 Å². The maximum atomic E-state index is 4.03. The molecule has 0 aliphatic rings. The summed E-state index contributed by atoms with van der Waals surface area (Å²) in [4.78, 5) is 0. The third kappa shape index (κ3) is 4.82. The van der Waals surface area contributed by atoms with Crippen LogP contribution in [-0.4, -0.2) is 0 Å². The maximum Gasteiger partial charge on any atom is -0.0161 e. The van der Waals surface area contributed by atoms with Gasteiger partial charge in [0, 0.05) is 0 Å². The molecule has 0 aromatic heterocycles. The van der Waals surface area contributed by atoms with Crippen molar-refractivity contribution in [2.24, 2.45) is 0 Å². The number of hydrogen-bond acceptors (Lipinski definition) is 0. The molecule has 2 aromatic carbocycles. The lowest BCUT2D eigenvalue weighted by atomic mass is 10.0. The lowest BCUT2D eigenvalue weighted by Crippen LogP contribution is -1.83. The molecule has 0 heteroatoms. The molecular weight excluding hydrogens is 288 g/mol. The van der Waals surface area contributed by atoms with Crippen LogP contribution in [-0.2, 0) is 0 Å². The summed E-state index contributed by atoms with van der Waals surface area (Å²) in [5.41, 5.74) is 6.91. The van der Waals surface area contributed by atoms with Crippen LogP contribution in [0.5, 0.6) is 0 Å². The third-order valence-corrected chi connectivity index (χ3v) is 3.73. The van der Waals surface area contributed by atoms with Crippen LogP contribution in [0.15, 0.2) is 86.0 Å². The molecule has 0 aliphatic heterocycles. The topological polar surface area (TPSA) is 0 Å². The molecule has 0 unspecified atom stereocenters. The summed E-state index contributed by atoms with van der Waals surface area (Å²) in [7, 11) is 0. The Morgan fingerprint density at radius 3 is 1.38 bits per heavy atom. The molecule has 24 heavy (non-hydrogen) atoms. The van der Waals surface area contributed by atoms with Crippen molar-refractivity contribution in [2.45, 2.75) is 13.8 Å². The molecule has 0 spiro atoms. The van der Waals surface area contributed by atoms with E-state index in [1.165, 1.54) is 22.3 Å². The van der Waals surface area contributed by atoms with Crippen LogP contribution in [0.2, 0.25) is 0 Å². The van der Waals surface area contributed by atoms with E-state index in [1.807, 2.05) is 50.3 Å². The van der Waals surface area contributed by atoms with Crippen molar-refractivity contribution in [1.29, 1.82) is 0 Å². The van der Waals surface area contributed by atoms with Crippen LogP contribution < -0.4 is 0 Å². The summed E-state index contributed by atoms with van der Waals surface area (Å²) < 4.78 is 0. The Labute approximate surface area is 145 Å². The van der Waals surface area contributed by atoms with Gasteiger partial charge in [-0.05, 0) is 36.1 Å². The van der Waals surface area contributed by atoms with E-state index in [2.05, 4.69) is 61.7 Å². The Morgan fingerprint density at radius 2 is 1.00 bits per heavy atom. The zero-order valence-corrected chi connectivity index (χ0v) is 14.5.